The van der Waals surface area contributed by atoms with E-state index < -0.39 is 17.3 Å². The second-order valence-corrected chi connectivity index (χ2v) is 10.7. The smallest absolute Gasteiger partial charge is 0.261 e. The van der Waals surface area contributed by atoms with Crippen molar-refractivity contribution in [1.82, 2.24) is 14.8 Å². The van der Waals surface area contributed by atoms with Crippen molar-refractivity contribution >= 4 is 40.4 Å². The maximum atomic E-state index is 13.5. The minimum Gasteiger partial charge on any atom is -0.389 e. The Bertz CT molecular complexity index is 1180. The van der Waals surface area contributed by atoms with Crippen molar-refractivity contribution in [3.8, 4) is 0 Å². The van der Waals surface area contributed by atoms with Crippen LogP contribution in [0.4, 0.5) is 15.9 Å². The van der Waals surface area contributed by atoms with E-state index in [4.69, 9.17) is 17.3 Å². The van der Waals surface area contributed by atoms with Gasteiger partial charge in [-0.15, -0.1) is 11.3 Å². The number of rotatable bonds is 5. The van der Waals surface area contributed by atoms with E-state index in [-0.39, 0.29) is 16.8 Å². The molecule has 0 saturated heterocycles. The van der Waals surface area contributed by atoms with Crippen LogP contribution in [0.1, 0.15) is 52.7 Å². The van der Waals surface area contributed by atoms with Crippen LogP contribution in [0, 0.1) is 17.7 Å². The molecule has 2 aromatic heterocycles. The Morgan fingerprint density at radius 2 is 2.12 bits per heavy atom. The number of benzene rings is 1. The number of nitrogen functional groups attached to an aromatic ring is 1. The lowest BCUT2D eigenvalue weighted by Crippen LogP contribution is -2.29. The van der Waals surface area contributed by atoms with Crippen LogP contribution < -0.4 is 11.1 Å². The molecule has 5 rings (SSSR count). The van der Waals surface area contributed by atoms with Crippen LogP contribution in [-0.2, 0) is 13.5 Å². The summed E-state index contributed by atoms with van der Waals surface area (Å²) >= 11 is 7.42. The van der Waals surface area contributed by atoms with Crippen molar-refractivity contribution in [3.05, 3.63) is 56.9 Å². The van der Waals surface area contributed by atoms with Gasteiger partial charge in [0.2, 0.25) is 0 Å². The number of nitrogens with zero attached hydrogens (tertiary/aromatic N) is 3. The molecule has 2 aliphatic carbocycles. The van der Waals surface area contributed by atoms with Crippen LogP contribution in [0.5, 0.6) is 0 Å². The van der Waals surface area contributed by atoms with Gasteiger partial charge in [-0.2, -0.15) is 5.10 Å². The number of carbonyl (C=O) groups excluding carboxylic acids is 1. The van der Waals surface area contributed by atoms with Gasteiger partial charge in [0.1, 0.15) is 17.2 Å². The molecular weight excluding hydrogens is 465 g/mol. The van der Waals surface area contributed by atoms with Crippen LogP contribution >= 0.6 is 22.9 Å². The second kappa shape index (κ2) is 8.38. The summed E-state index contributed by atoms with van der Waals surface area (Å²) in [5, 5.41) is 21.3. The fourth-order valence-electron chi connectivity index (χ4n) is 5.61. The highest BCUT2D eigenvalue weighted by atomic mass is 35.5. The van der Waals surface area contributed by atoms with E-state index in [1.807, 2.05) is 5.38 Å². The van der Waals surface area contributed by atoms with E-state index in [0.29, 0.717) is 35.2 Å². The topological polar surface area (TPSA) is 106 Å². The molecule has 2 aliphatic rings. The number of thiazole rings is 1. The second-order valence-electron chi connectivity index (χ2n) is 9.28. The molecule has 10 heteroatoms. The van der Waals surface area contributed by atoms with E-state index >= 15 is 0 Å². The maximum absolute atomic E-state index is 13.5. The molecule has 7 nitrogen and oxygen atoms in total. The van der Waals surface area contributed by atoms with Crippen LogP contribution in [-0.4, -0.2) is 31.4 Å². The quantitative estimate of drug-likeness (QED) is 0.493. The lowest BCUT2D eigenvalue weighted by Gasteiger charge is -2.23. The third-order valence-electron chi connectivity index (χ3n) is 7.00. The number of aryl methyl sites for hydroxylation is 1. The molecule has 174 valence electrons. The Hall–Kier alpha value is -2.49. The number of carbonyl (C=O) groups is 1. The average Bonchev–Trinajstić information content (AvgIpc) is 3.50. The standard InChI is InChI=1S/C23H25ClFN5O2S/c1-30-21(26)19(22(31)28-15-2-3-17(25)16(24)8-15)20(29-30)12-6-13-9-23(32,10-14(13)7-12)11-18-27-4-5-33-18/h2-5,8,12-14,32H,6-7,9-11,26H2,1H3,(H,28,31). The SMILES string of the molecule is Cn1nc(C2CC3CC(O)(Cc4nccs4)CC3C2)c(C(=O)Nc2ccc(F)c(Cl)c2)c1N. The highest BCUT2D eigenvalue weighted by molar-refractivity contribution is 7.09. The number of nitrogens with one attached hydrogen (secondary N) is 1. The average molecular weight is 490 g/mol. The Morgan fingerprint density at radius 3 is 2.76 bits per heavy atom. The summed E-state index contributed by atoms with van der Waals surface area (Å²) in [7, 11) is 1.72. The maximum Gasteiger partial charge on any atom is 0.261 e. The van der Waals surface area contributed by atoms with Crippen molar-refractivity contribution in [1.29, 1.82) is 0 Å². The number of aromatic nitrogens is 3. The molecule has 33 heavy (non-hydrogen) atoms. The highest BCUT2D eigenvalue weighted by Gasteiger charge is 2.50. The van der Waals surface area contributed by atoms with Gasteiger partial charge in [0, 0.05) is 36.7 Å². The molecule has 2 saturated carbocycles. The predicted molar refractivity (Wildman–Crippen MR) is 126 cm³/mol. The molecule has 0 bridgehead atoms. The molecule has 0 aliphatic heterocycles. The molecule has 2 fully saturated rings. The number of halogens is 2. The number of anilines is 2. The zero-order valence-electron chi connectivity index (χ0n) is 18.1. The first-order valence-corrected chi connectivity index (χ1v) is 12.2. The van der Waals surface area contributed by atoms with Crippen LogP contribution in [0.25, 0.3) is 0 Å². The van der Waals surface area contributed by atoms with E-state index in [9.17, 15) is 14.3 Å². The molecule has 3 aromatic rings. The zero-order valence-corrected chi connectivity index (χ0v) is 19.7. The lowest BCUT2D eigenvalue weighted by molar-refractivity contribution is 0.0384. The minimum atomic E-state index is -0.719. The minimum absolute atomic E-state index is 0.0685. The molecule has 0 spiro atoms. The Morgan fingerprint density at radius 1 is 1.39 bits per heavy atom. The summed E-state index contributed by atoms with van der Waals surface area (Å²) in [5.74, 6) is 0.169. The fourth-order valence-corrected chi connectivity index (χ4v) is 6.54. The van der Waals surface area contributed by atoms with Gasteiger partial charge < -0.3 is 16.2 Å². The summed E-state index contributed by atoms with van der Waals surface area (Å²) in [6.07, 6.45) is 5.52. The Kier molecular flexibility index (Phi) is 5.66. The molecule has 1 aromatic carbocycles. The zero-order chi connectivity index (χ0) is 23.3. The Balaban J connectivity index is 1.32. The molecule has 2 unspecified atom stereocenters. The van der Waals surface area contributed by atoms with Crippen LogP contribution in [0.2, 0.25) is 5.02 Å². The summed E-state index contributed by atoms with van der Waals surface area (Å²) in [6, 6.07) is 4.02. The van der Waals surface area contributed by atoms with Crippen molar-refractivity contribution < 1.29 is 14.3 Å². The summed E-state index contributed by atoms with van der Waals surface area (Å²) < 4.78 is 15.0. The van der Waals surface area contributed by atoms with Gasteiger partial charge in [-0.05, 0) is 55.7 Å². The summed E-state index contributed by atoms with van der Waals surface area (Å²) in [5.41, 5.74) is 6.92. The summed E-state index contributed by atoms with van der Waals surface area (Å²) in [6.45, 7) is 0. The predicted octanol–water partition coefficient (Wildman–Crippen LogP) is 4.38. The number of aliphatic hydroxyl groups is 1. The molecule has 0 radical (unpaired) electrons. The first-order valence-electron chi connectivity index (χ1n) is 10.9. The monoisotopic (exact) mass is 489 g/mol. The van der Waals surface area contributed by atoms with Gasteiger partial charge in [0.15, 0.2) is 0 Å². The molecule has 4 N–H and O–H groups in total. The normalized spacial score (nSPS) is 26.5. The number of hydrogen-bond donors (Lipinski definition) is 3. The number of nitrogens with two attached hydrogens (primary N) is 1. The fraction of sp³-hybridized carbons (Fsp3) is 0.435. The van der Waals surface area contributed by atoms with E-state index in [1.54, 1.807) is 24.6 Å². The number of amides is 1. The molecule has 2 heterocycles. The van der Waals surface area contributed by atoms with Gasteiger partial charge >= 0.3 is 0 Å². The third kappa shape index (κ3) is 4.25. The molecular formula is C23H25ClFN5O2S. The summed E-state index contributed by atoms with van der Waals surface area (Å²) in [4.78, 5) is 17.5. The number of hydrogen-bond acceptors (Lipinski definition) is 6. The van der Waals surface area contributed by atoms with E-state index in [1.165, 1.54) is 22.9 Å². The van der Waals surface area contributed by atoms with Gasteiger partial charge in [0.05, 0.1) is 21.3 Å². The van der Waals surface area contributed by atoms with Gasteiger partial charge in [-0.25, -0.2) is 9.37 Å². The van der Waals surface area contributed by atoms with Crippen molar-refractivity contribution in [2.45, 2.75) is 43.6 Å². The van der Waals surface area contributed by atoms with Crippen molar-refractivity contribution in [3.63, 3.8) is 0 Å². The molecule has 1 amide bonds. The van der Waals surface area contributed by atoms with Gasteiger partial charge in [-0.3, -0.25) is 9.48 Å². The third-order valence-corrected chi connectivity index (χ3v) is 8.07. The highest BCUT2D eigenvalue weighted by Crippen LogP contribution is 2.55. The van der Waals surface area contributed by atoms with Crippen LogP contribution in [0.3, 0.4) is 0 Å². The van der Waals surface area contributed by atoms with Crippen LogP contribution in [0.15, 0.2) is 29.8 Å². The first-order chi connectivity index (χ1) is 15.7. The van der Waals surface area contributed by atoms with E-state index in [2.05, 4.69) is 15.4 Å². The van der Waals surface area contributed by atoms with Gasteiger partial charge in [-0.1, -0.05) is 11.6 Å². The van der Waals surface area contributed by atoms with Gasteiger partial charge in [0.25, 0.3) is 5.91 Å². The lowest BCUT2D eigenvalue weighted by atomic mass is 9.90. The number of fused-ring (bicyclic) bond motifs is 1. The largest absolute Gasteiger partial charge is 0.389 e. The van der Waals surface area contributed by atoms with E-state index in [0.717, 1.165) is 30.7 Å². The first kappa shape index (κ1) is 22.3. The molecule has 2 atom stereocenters. The van der Waals surface area contributed by atoms with Crippen molar-refractivity contribution in [2.24, 2.45) is 18.9 Å². The van der Waals surface area contributed by atoms with Crippen molar-refractivity contribution in [2.75, 3.05) is 11.1 Å². The Labute approximate surface area is 199 Å².